The van der Waals surface area contributed by atoms with E-state index in [1.807, 2.05) is 12.3 Å². The molecule has 102 valence electrons. The van der Waals surface area contributed by atoms with E-state index < -0.39 is 0 Å². The molecule has 0 fully saturated rings. The van der Waals surface area contributed by atoms with E-state index in [2.05, 4.69) is 57.0 Å². The van der Waals surface area contributed by atoms with E-state index in [1.165, 1.54) is 12.0 Å². The van der Waals surface area contributed by atoms with Crippen LogP contribution in [0.5, 0.6) is 0 Å². The lowest BCUT2D eigenvalue weighted by atomic mass is 9.79. The zero-order chi connectivity index (χ0) is 13.8. The van der Waals surface area contributed by atoms with Crippen LogP contribution in [-0.4, -0.2) is 4.98 Å². The van der Waals surface area contributed by atoms with Crippen molar-refractivity contribution < 1.29 is 0 Å². The van der Waals surface area contributed by atoms with E-state index in [4.69, 9.17) is 0 Å². The van der Waals surface area contributed by atoms with Crippen molar-refractivity contribution in [3.8, 4) is 0 Å². The molecule has 19 heavy (non-hydrogen) atoms. The maximum Gasteiger partial charge on any atom is 0.0667 e. The molecule has 1 heteroatoms. The lowest BCUT2D eigenvalue weighted by Gasteiger charge is -2.26. The van der Waals surface area contributed by atoms with Gasteiger partial charge in [0.2, 0.25) is 0 Å². The predicted octanol–water partition coefficient (Wildman–Crippen LogP) is 5.11. The molecule has 1 aromatic rings. The van der Waals surface area contributed by atoms with Crippen molar-refractivity contribution in [2.45, 2.75) is 40.5 Å². The lowest BCUT2D eigenvalue weighted by molar-refractivity contribution is 0.405. The zero-order valence-corrected chi connectivity index (χ0v) is 12.6. The van der Waals surface area contributed by atoms with Gasteiger partial charge >= 0.3 is 0 Å². The Bertz CT molecular complexity index is 470. The van der Waals surface area contributed by atoms with Gasteiger partial charge in [0.05, 0.1) is 5.69 Å². The maximum absolute atomic E-state index is 4.52. The van der Waals surface area contributed by atoms with Crippen molar-refractivity contribution >= 4 is 5.57 Å². The molecule has 2 rings (SSSR count). The molecule has 1 aliphatic carbocycles. The standard InChI is InChI=1S/C18H25N/c1-5-13(3)14(4)16-10-11-17(15(16)6-2)18-9-7-8-12-19-18/h7-15H,5-6H2,1-4H3/t13-,14-,15?/m0/s1. The van der Waals surface area contributed by atoms with E-state index in [0.29, 0.717) is 11.8 Å². The first kappa shape index (κ1) is 14.0. The molecular weight excluding hydrogens is 230 g/mol. The summed E-state index contributed by atoms with van der Waals surface area (Å²) < 4.78 is 0. The summed E-state index contributed by atoms with van der Waals surface area (Å²) in [5, 5.41) is 0. The maximum atomic E-state index is 4.52. The second-order valence-electron chi connectivity index (χ2n) is 5.64. The Morgan fingerprint density at radius 1 is 1.16 bits per heavy atom. The minimum atomic E-state index is 0.555. The molecule has 0 spiro atoms. The zero-order valence-electron chi connectivity index (χ0n) is 12.6. The number of pyridine rings is 1. The predicted molar refractivity (Wildman–Crippen MR) is 82.7 cm³/mol. The molecule has 0 saturated heterocycles. The van der Waals surface area contributed by atoms with Gasteiger partial charge in [-0.2, -0.15) is 0 Å². The van der Waals surface area contributed by atoms with Crippen molar-refractivity contribution in [2.75, 3.05) is 0 Å². The van der Waals surface area contributed by atoms with Crippen LogP contribution in [0.4, 0.5) is 0 Å². The molecule has 1 unspecified atom stereocenters. The van der Waals surface area contributed by atoms with Crippen LogP contribution in [0.3, 0.4) is 0 Å². The fourth-order valence-electron chi connectivity index (χ4n) is 3.00. The summed E-state index contributed by atoms with van der Waals surface area (Å²) >= 11 is 0. The van der Waals surface area contributed by atoms with Crippen molar-refractivity contribution in [2.24, 2.45) is 17.8 Å². The summed E-state index contributed by atoms with van der Waals surface area (Å²) in [6, 6.07) is 6.18. The molecule has 0 bridgehead atoms. The number of hydrogen-bond donors (Lipinski definition) is 0. The molecule has 1 heterocycles. The number of rotatable bonds is 5. The molecule has 1 nitrogen and oxygen atoms in total. The molecular formula is C18H25N. The summed E-state index contributed by atoms with van der Waals surface area (Å²) in [6.45, 7) is 9.30. The Balaban J connectivity index is 2.21. The number of aromatic nitrogens is 1. The monoisotopic (exact) mass is 255 g/mol. The van der Waals surface area contributed by atoms with E-state index >= 15 is 0 Å². The first-order chi connectivity index (χ1) is 9.19. The van der Waals surface area contributed by atoms with Gasteiger partial charge in [-0.3, -0.25) is 4.98 Å². The summed E-state index contributed by atoms with van der Waals surface area (Å²) in [4.78, 5) is 4.52. The van der Waals surface area contributed by atoms with E-state index in [1.54, 1.807) is 5.57 Å². The molecule has 1 aromatic heterocycles. The van der Waals surface area contributed by atoms with Crippen LogP contribution in [0.1, 0.15) is 46.2 Å². The van der Waals surface area contributed by atoms with Gasteiger partial charge in [-0.05, 0) is 36.0 Å². The lowest BCUT2D eigenvalue weighted by Crippen LogP contribution is -2.16. The van der Waals surface area contributed by atoms with Crippen molar-refractivity contribution in [3.05, 3.63) is 47.8 Å². The Morgan fingerprint density at radius 3 is 2.53 bits per heavy atom. The smallest absolute Gasteiger partial charge is 0.0667 e. The Morgan fingerprint density at radius 2 is 1.95 bits per heavy atom. The van der Waals surface area contributed by atoms with Crippen LogP contribution in [0.2, 0.25) is 0 Å². The Kier molecular flexibility index (Phi) is 4.57. The summed E-state index contributed by atoms with van der Waals surface area (Å²) in [6.07, 6.45) is 8.92. The van der Waals surface area contributed by atoms with Crippen LogP contribution in [0.25, 0.3) is 5.57 Å². The van der Waals surface area contributed by atoms with Gasteiger partial charge in [-0.15, -0.1) is 0 Å². The molecule has 0 aromatic carbocycles. The number of allylic oxidation sites excluding steroid dienone is 4. The van der Waals surface area contributed by atoms with E-state index in [-0.39, 0.29) is 0 Å². The van der Waals surface area contributed by atoms with Crippen molar-refractivity contribution in [1.82, 2.24) is 4.98 Å². The first-order valence-electron chi connectivity index (χ1n) is 7.52. The van der Waals surface area contributed by atoms with Gasteiger partial charge in [0.1, 0.15) is 0 Å². The highest BCUT2D eigenvalue weighted by Gasteiger charge is 2.28. The first-order valence-corrected chi connectivity index (χ1v) is 7.52. The van der Waals surface area contributed by atoms with Gasteiger partial charge in [-0.1, -0.05) is 57.9 Å². The van der Waals surface area contributed by atoms with Gasteiger partial charge < -0.3 is 0 Å². The van der Waals surface area contributed by atoms with Crippen molar-refractivity contribution in [3.63, 3.8) is 0 Å². The van der Waals surface area contributed by atoms with Crippen LogP contribution in [0, 0.1) is 17.8 Å². The fourth-order valence-corrected chi connectivity index (χ4v) is 3.00. The van der Waals surface area contributed by atoms with Crippen molar-refractivity contribution in [1.29, 1.82) is 0 Å². The summed E-state index contributed by atoms with van der Waals surface area (Å²) in [5.41, 5.74) is 4.13. The van der Waals surface area contributed by atoms with Gasteiger partial charge in [-0.25, -0.2) is 0 Å². The normalized spacial score (nSPS) is 21.8. The van der Waals surface area contributed by atoms with Gasteiger partial charge in [0.25, 0.3) is 0 Å². The molecule has 0 N–H and O–H groups in total. The minimum Gasteiger partial charge on any atom is -0.257 e. The SMILES string of the molecule is CCC1C(c2ccccn2)=CC=C1[C@@H](C)[C@@H](C)CC. The Hall–Kier alpha value is -1.37. The largest absolute Gasteiger partial charge is 0.257 e. The second kappa shape index (κ2) is 6.18. The summed E-state index contributed by atoms with van der Waals surface area (Å²) in [7, 11) is 0. The third kappa shape index (κ3) is 2.80. The minimum absolute atomic E-state index is 0.555. The highest BCUT2D eigenvalue weighted by Crippen LogP contribution is 2.41. The molecule has 1 aliphatic rings. The van der Waals surface area contributed by atoms with E-state index in [0.717, 1.165) is 18.0 Å². The van der Waals surface area contributed by atoms with Gasteiger partial charge in [0.15, 0.2) is 0 Å². The van der Waals surface area contributed by atoms with Gasteiger partial charge in [0, 0.05) is 12.1 Å². The average Bonchev–Trinajstić information content (AvgIpc) is 2.90. The van der Waals surface area contributed by atoms with E-state index in [9.17, 15) is 0 Å². The third-order valence-electron chi connectivity index (χ3n) is 4.63. The van der Waals surface area contributed by atoms with Crippen LogP contribution >= 0.6 is 0 Å². The molecule has 0 aliphatic heterocycles. The average molecular weight is 255 g/mol. The van der Waals surface area contributed by atoms with Crippen LogP contribution < -0.4 is 0 Å². The molecule has 0 radical (unpaired) electrons. The Labute approximate surface area is 117 Å². The quantitative estimate of drug-likeness (QED) is 0.712. The fraction of sp³-hybridized carbons (Fsp3) is 0.500. The topological polar surface area (TPSA) is 12.9 Å². The van der Waals surface area contributed by atoms with Crippen LogP contribution in [-0.2, 0) is 0 Å². The molecule has 3 atom stereocenters. The number of nitrogens with zero attached hydrogens (tertiary/aromatic N) is 1. The van der Waals surface area contributed by atoms with Crippen LogP contribution in [0.15, 0.2) is 42.1 Å². The second-order valence-corrected chi connectivity index (χ2v) is 5.64. The third-order valence-corrected chi connectivity index (χ3v) is 4.63. The summed E-state index contributed by atoms with van der Waals surface area (Å²) in [5.74, 6) is 1.96. The molecule has 0 saturated carbocycles. The highest BCUT2D eigenvalue weighted by atomic mass is 14.7. The highest BCUT2D eigenvalue weighted by molar-refractivity contribution is 5.72. The number of hydrogen-bond acceptors (Lipinski definition) is 1. The molecule has 0 amide bonds.